The van der Waals surface area contributed by atoms with Crippen molar-refractivity contribution in [2.75, 3.05) is 0 Å². The van der Waals surface area contributed by atoms with Crippen molar-refractivity contribution < 1.29 is 9.90 Å². The fourth-order valence-electron chi connectivity index (χ4n) is 1.48. The molecule has 6 heteroatoms. The molecule has 18 heavy (non-hydrogen) atoms. The molecule has 0 aliphatic carbocycles. The summed E-state index contributed by atoms with van der Waals surface area (Å²) in [6, 6.07) is 1.71. The van der Waals surface area contributed by atoms with Gasteiger partial charge in [-0.05, 0) is 6.07 Å². The molecule has 2 rings (SSSR count). The second kappa shape index (κ2) is 4.45. The molecule has 0 radical (unpaired) electrons. The van der Waals surface area contributed by atoms with E-state index >= 15 is 0 Å². The normalized spacial score (nSPS) is 11.5. The van der Waals surface area contributed by atoms with Crippen molar-refractivity contribution in [2.24, 2.45) is 0 Å². The summed E-state index contributed by atoms with van der Waals surface area (Å²) in [5, 5.41) is 9.76. The van der Waals surface area contributed by atoms with Gasteiger partial charge < -0.3 is 5.11 Å². The van der Waals surface area contributed by atoms with Crippen LogP contribution in [-0.2, 0) is 5.41 Å². The predicted molar refractivity (Wildman–Crippen MR) is 68.8 cm³/mol. The SMILES string of the molecule is CC(C)(C)c1nc(-c2ncccn2)sc1C(=O)O. The number of hydrogen-bond donors (Lipinski definition) is 1. The fraction of sp³-hybridized carbons (Fsp3) is 0.333. The zero-order valence-corrected chi connectivity index (χ0v) is 11.2. The number of aromatic nitrogens is 3. The fourth-order valence-corrected chi connectivity index (χ4v) is 2.54. The minimum Gasteiger partial charge on any atom is -0.477 e. The van der Waals surface area contributed by atoms with E-state index in [1.807, 2.05) is 20.8 Å². The highest BCUT2D eigenvalue weighted by Gasteiger charge is 2.27. The van der Waals surface area contributed by atoms with Gasteiger partial charge in [0.15, 0.2) is 10.8 Å². The van der Waals surface area contributed by atoms with Crippen molar-refractivity contribution in [1.82, 2.24) is 15.0 Å². The number of thiazole rings is 1. The number of carbonyl (C=O) groups is 1. The Hall–Kier alpha value is -1.82. The Morgan fingerprint density at radius 3 is 2.33 bits per heavy atom. The molecule has 0 aliphatic heterocycles. The Bertz CT molecular complexity index is 573. The number of nitrogens with zero attached hydrogens (tertiary/aromatic N) is 3. The van der Waals surface area contributed by atoms with Crippen molar-refractivity contribution in [2.45, 2.75) is 26.2 Å². The van der Waals surface area contributed by atoms with Crippen molar-refractivity contribution in [3.8, 4) is 10.8 Å². The zero-order chi connectivity index (χ0) is 13.3. The molecule has 0 atom stereocenters. The molecular formula is C12H13N3O2S. The molecule has 0 fully saturated rings. The summed E-state index contributed by atoms with van der Waals surface area (Å²) in [5.41, 5.74) is 0.250. The van der Waals surface area contributed by atoms with Crippen LogP contribution in [-0.4, -0.2) is 26.0 Å². The highest BCUT2D eigenvalue weighted by Crippen LogP contribution is 2.32. The number of rotatable bonds is 2. The van der Waals surface area contributed by atoms with Gasteiger partial charge in [-0.15, -0.1) is 11.3 Å². The third kappa shape index (κ3) is 2.38. The lowest BCUT2D eigenvalue weighted by molar-refractivity contribution is 0.0699. The maximum atomic E-state index is 11.2. The van der Waals surface area contributed by atoms with E-state index in [2.05, 4.69) is 15.0 Å². The Balaban J connectivity index is 2.57. The first-order valence-electron chi connectivity index (χ1n) is 5.41. The summed E-state index contributed by atoms with van der Waals surface area (Å²) in [7, 11) is 0. The second-order valence-corrected chi connectivity index (χ2v) is 5.82. The molecule has 2 aromatic rings. The van der Waals surface area contributed by atoms with Crippen LogP contribution in [0.15, 0.2) is 18.5 Å². The van der Waals surface area contributed by atoms with Gasteiger partial charge in [0.1, 0.15) is 4.88 Å². The van der Waals surface area contributed by atoms with Gasteiger partial charge in [0.25, 0.3) is 0 Å². The first-order valence-corrected chi connectivity index (χ1v) is 6.23. The van der Waals surface area contributed by atoms with Gasteiger partial charge >= 0.3 is 5.97 Å². The monoisotopic (exact) mass is 263 g/mol. The third-order valence-corrected chi connectivity index (χ3v) is 3.33. The standard InChI is InChI=1S/C12H13N3O2S/c1-12(2,3)8-7(11(16)17)18-10(15-8)9-13-5-4-6-14-9/h4-6H,1-3H3,(H,16,17). The summed E-state index contributed by atoms with van der Waals surface area (Å²) < 4.78 is 0. The maximum absolute atomic E-state index is 11.2. The minimum absolute atomic E-state index is 0.255. The Morgan fingerprint density at radius 2 is 1.89 bits per heavy atom. The minimum atomic E-state index is -0.959. The average molecular weight is 263 g/mol. The third-order valence-electron chi connectivity index (χ3n) is 2.29. The molecule has 0 saturated heterocycles. The second-order valence-electron chi connectivity index (χ2n) is 4.82. The Morgan fingerprint density at radius 1 is 1.28 bits per heavy atom. The molecular weight excluding hydrogens is 250 g/mol. The van der Waals surface area contributed by atoms with E-state index in [1.54, 1.807) is 18.5 Å². The summed E-state index contributed by atoms with van der Waals surface area (Å²) >= 11 is 1.11. The van der Waals surface area contributed by atoms with E-state index in [0.717, 1.165) is 11.3 Å². The van der Waals surface area contributed by atoms with Crippen LogP contribution in [0, 0.1) is 0 Å². The summed E-state index contributed by atoms with van der Waals surface area (Å²) in [6.45, 7) is 5.80. The van der Waals surface area contributed by atoms with Crippen LogP contribution in [0.1, 0.15) is 36.1 Å². The largest absolute Gasteiger partial charge is 0.477 e. The molecule has 2 heterocycles. The first kappa shape index (κ1) is 12.6. The van der Waals surface area contributed by atoms with Crippen LogP contribution in [0.4, 0.5) is 0 Å². The average Bonchev–Trinajstić information content (AvgIpc) is 2.74. The molecule has 0 amide bonds. The topological polar surface area (TPSA) is 76.0 Å². The first-order chi connectivity index (χ1) is 8.39. The van der Waals surface area contributed by atoms with E-state index < -0.39 is 5.97 Å². The van der Waals surface area contributed by atoms with E-state index in [-0.39, 0.29) is 10.3 Å². The van der Waals surface area contributed by atoms with Crippen LogP contribution < -0.4 is 0 Å². The zero-order valence-electron chi connectivity index (χ0n) is 10.3. The molecule has 0 aromatic carbocycles. The van der Waals surface area contributed by atoms with Crippen molar-refractivity contribution >= 4 is 17.3 Å². The van der Waals surface area contributed by atoms with Crippen LogP contribution in [0.2, 0.25) is 0 Å². The lowest BCUT2D eigenvalue weighted by Gasteiger charge is -2.15. The summed E-state index contributed by atoms with van der Waals surface area (Å²) in [4.78, 5) is 24.1. The van der Waals surface area contributed by atoms with Gasteiger partial charge in [0.05, 0.1) is 5.69 Å². The number of carboxylic acids is 1. The lowest BCUT2D eigenvalue weighted by atomic mass is 9.91. The van der Waals surface area contributed by atoms with E-state index in [9.17, 15) is 9.90 Å². The van der Waals surface area contributed by atoms with Crippen molar-refractivity contribution in [3.63, 3.8) is 0 Å². The Kier molecular flexibility index (Phi) is 3.13. The number of carboxylic acid groups (broad SMARTS) is 1. The van der Waals surface area contributed by atoms with E-state index in [1.165, 1.54) is 0 Å². The summed E-state index contributed by atoms with van der Waals surface area (Å²) in [5.74, 6) is -0.500. The molecule has 0 spiro atoms. The van der Waals surface area contributed by atoms with Crippen molar-refractivity contribution in [3.05, 3.63) is 29.0 Å². The van der Waals surface area contributed by atoms with Crippen LogP contribution in [0.5, 0.6) is 0 Å². The van der Waals surface area contributed by atoms with Gasteiger partial charge in [0.2, 0.25) is 0 Å². The molecule has 0 bridgehead atoms. The number of hydrogen-bond acceptors (Lipinski definition) is 5. The van der Waals surface area contributed by atoms with Gasteiger partial charge in [0, 0.05) is 17.8 Å². The van der Waals surface area contributed by atoms with Gasteiger partial charge in [-0.3, -0.25) is 0 Å². The highest BCUT2D eigenvalue weighted by atomic mass is 32.1. The highest BCUT2D eigenvalue weighted by molar-refractivity contribution is 7.16. The van der Waals surface area contributed by atoms with Gasteiger partial charge in [-0.2, -0.15) is 0 Å². The molecule has 0 saturated carbocycles. The molecule has 94 valence electrons. The van der Waals surface area contributed by atoms with E-state index in [0.29, 0.717) is 16.5 Å². The van der Waals surface area contributed by atoms with Crippen LogP contribution in [0.3, 0.4) is 0 Å². The maximum Gasteiger partial charge on any atom is 0.347 e. The smallest absolute Gasteiger partial charge is 0.347 e. The molecule has 1 N–H and O–H groups in total. The molecule has 2 aromatic heterocycles. The van der Waals surface area contributed by atoms with Crippen LogP contribution >= 0.6 is 11.3 Å². The van der Waals surface area contributed by atoms with E-state index in [4.69, 9.17) is 0 Å². The molecule has 5 nitrogen and oxygen atoms in total. The van der Waals surface area contributed by atoms with Gasteiger partial charge in [-0.1, -0.05) is 20.8 Å². The number of aromatic carboxylic acids is 1. The lowest BCUT2D eigenvalue weighted by Crippen LogP contribution is -2.16. The molecule has 0 unspecified atom stereocenters. The van der Waals surface area contributed by atoms with Crippen molar-refractivity contribution in [1.29, 1.82) is 0 Å². The van der Waals surface area contributed by atoms with Gasteiger partial charge in [-0.25, -0.2) is 19.7 Å². The Labute approximate surface area is 109 Å². The molecule has 0 aliphatic rings. The van der Waals surface area contributed by atoms with Crippen LogP contribution in [0.25, 0.3) is 10.8 Å². The quantitative estimate of drug-likeness (QED) is 0.901. The predicted octanol–water partition coefficient (Wildman–Crippen LogP) is 2.60. The summed E-state index contributed by atoms with van der Waals surface area (Å²) in [6.07, 6.45) is 3.22.